The van der Waals surface area contributed by atoms with Gasteiger partial charge in [0.25, 0.3) is 0 Å². The van der Waals surface area contributed by atoms with Crippen molar-refractivity contribution in [2.24, 2.45) is 0 Å². The van der Waals surface area contributed by atoms with Crippen molar-refractivity contribution in [1.29, 1.82) is 0 Å². The fourth-order valence-electron chi connectivity index (χ4n) is 3.81. The Balaban J connectivity index is 1.46. The van der Waals surface area contributed by atoms with E-state index in [2.05, 4.69) is 4.98 Å². The Hall–Kier alpha value is -3.40. The van der Waals surface area contributed by atoms with E-state index in [1.165, 1.54) is 18.2 Å². The highest BCUT2D eigenvalue weighted by atomic mass is 35.5. The molecular formula is C28H20Cl2F3NO4S. The Morgan fingerprint density at radius 1 is 1.00 bits per heavy atom. The molecule has 3 aromatic carbocycles. The minimum absolute atomic E-state index is 0.0300. The van der Waals surface area contributed by atoms with Crippen LogP contribution in [0.15, 0.2) is 66.7 Å². The molecule has 5 nitrogen and oxygen atoms in total. The predicted molar refractivity (Wildman–Crippen MR) is 144 cm³/mol. The lowest BCUT2D eigenvalue weighted by Gasteiger charge is -2.18. The number of aromatic nitrogens is 1. The van der Waals surface area contributed by atoms with E-state index < -0.39 is 23.8 Å². The number of carboxylic acid groups (broad SMARTS) is 1. The van der Waals surface area contributed by atoms with Gasteiger partial charge in [0.05, 0.1) is 21.2 Å². The van der Waals surface area contributed by atoms with E-state index in [-0.39, 0.29) is 34.4 Å². The molecule has 4 aromatic rings. The lowest BCUT2D eigenvalue weighted by Crippen LogP contribution is -2.18. The summed E-state index contributed by atoms with van der Waals surface area (Å²) >= 11 is 13.9. The van der Waals surface area contributed by atoms with Crippen molar-refractivity contribution in [3.05, 3.63) is 104 Å². The standard InChI is InChI=1S/C28H20Cl2F3NO4S/c1-15-25(39-26(34-15)18-7-11-19(12-8-18)28(31,32)33)20(35)13-9-16-10-14-21(23(30)22(16)29)38-24(27(36)37)17-5-3-2-4-6-17/h2-8,10-12,14,24H,9,13H2,1H3,(H,36,37). The third-order valence-electron chi connectivity index (χ3n) is 5.83. The van der Waals surface area contributed by atoms with Crippen LogP contribution >= 0.6 is 34.5 Å². The average Bonchev–Trinajstić information content (AvgIpc) is 3.30. The molecule has 1 N–H and O–H groups in total. The Morgan fingerprint density at radius 2 is 1.67 bits per heavy atom. The van der Waals surface area contributed by atoms with Crippen molar-refractivity contribution >= 4 is 46.3 Å². The summed E-state index contributed by atoms with van der Waals surface area (Å²) in [6, 6.07) is 16.1. The maximum absolute atomic E-state index is 13.0. The SMILES string of the molecule is Cc1nc(-c2ccc(C(F)(F)F)cc2)sc1C(=O)CCc1ccc(OC(C(=O)O)c2ccccc2)c(Cl)c1Cl. The van der Waals surface area contributed by atoms with Crippen LogP contribution in [0.3, 0.4) is 0 Å². The van der Waals surface area contributed by atoms with Gasteiger partial charge in [-0.15, -0.1) is 11.3 Å². The van der Waals surface area contributed by atoms with E-state index in [1.807, 2.05) is 0 Å². The van der Waals surface area contributed by atoms with E-state index in [0.717, 1.165) is 23.5 Å². The van der Waals surface area contributed by atoms with Crippen LogP contribution in [-0.4, -0.2) is 21.8 Å². The zero-order chi connectivity index (χ0) is 28.3. The quantitative estimate of drug-likeness (QED) is 0.197. The summed E-state index contributed by atoms with van der Waals surface area (Å²) in [6.45, 7) is 1.67. The topological polar surface area (TPSA) is 76.5 Å². The number of aliphatic carboxylic acids is 1. The third kappa shape index (κ3) is 6.61. The molecule has 0 spiro atoms. The lowest BCUT2D eigenvalue weighted by atomic mass is 10.1. The monoisotopic (exact) mass is 593 g/mol. The molecule has 0 saturated heterocycles. The average molecular weight is 594 g/mol. The maximum Gasteiger partial charge on any atom is 0.416 e. The first-order valence-corrected chi connectivity index (χ1v) is 13.1. The second kappa shape index (κ2) is 11.8. The van der Waals surface area contributed by atoms with E-state index >= 15 is 0 Å². The molecule has 0 aliphatic carbocycles. The number of nitrogens with zero attached hydrogens (tertiary/aromatic N) is 1. The van der Waals surface area contributed by atoms with Gasteiger partial charge in [0.15, 0.2) is 5.78 Å². The van der Waals surface area contributed by atoms with E-state index in [4.69, 9.17) is 27.9 Å². The van der Waals surface area contributed by atoms with Crippen LogP contribution < -0.4 is 4.74 Å². The van der Waals surface area contributed by atoms with Crippen LogP contribution in [0.1, 0.15) is 44.6 Å². The summed E-state index contributed by atoms with van der Waals surface area (Å²) in [5.41, 5.74) is 1.20. The largest absolute Gasteiger partial charge is 0.478 e. The molecular weight excluding hydrogens is 574 g/mol. The van der Waals surface area contributed by atoms with E-state index in [9.17, 15) is 27.9 Å². The smallest absolute Gasteiger partial charge is 0.416 e. The molecule has 1 aromatic heterocycles. The van der Waals surface area contributed by atoms with Gasteiger partial charge < -0.3 is 9.84 Å². The van der Waals surface area contributed by atoms with E-state index in [0.29, 0.717) is 32.3 Å². The number of Topliss-reactive ketones (excluding diaryl/α,β-unsaturated/α-hetero) is 1. The van der Waals surface area contributed by atoms with Gasteiger partial charge in [0.1, 0.15) is 15.8 Å². The fraction of sp³-hybridized carbons (Fsp3) is 0.179. The van der Waals surface area contributed by atoms with Gasteiger partial charge in [0, 0.05) is 17.5 Å². The number of hydrogen-bond acceptors (Lipinski definition) is 5. The molecule has 0 aliphatic heterocycles. The highest BCUT2D eigenvalue weighted by molar-refractivity contribution is 7.17. The zero-order valence-electron chi connectivity index (χ0n) is 20.3. The Bertz CT molecular complexity index is 1510. The lowest BCUT2D eigenvalue weighted by molar-refractivity contribution is -0.145. The molecule has 0 radical (unpaired) electrons. The highest BCUT2D eigenvalue weighted by Crippen LogP contribution is 2.38. The fourth-order valence-corrected chi connectivity index (χ4v) is 5.33. The summed E-state index contributed by atoms with van der Waals surface area (Å²) in [7, 11) is 0. The number of rotatable bonds is 9. The molecule has 0 fully saturated rings. The second-order valence-corrected chi connectivity index (χ2v) is 10.3. The van der Waals surface area contributed by atoms with Crippen molar-refractivity contribution in [1.82, 2.24) is 4.98 Å². The number of ketones is 1. The van der Waals surface area contributed by atoms with Gasteiger partial charge in [0.2, 0.25) is 6.10 Å². The van der Waals surface area contributed by atoms with Crippen molar-refractivity contribution in [2.75, 3.05) is 0 Å². The number of carbonyl (C=O) groups is 2. The molecule has 0 amide bonds. The molecule has 39 heavy (non-hydrogen) atoms. The van der Waals surface area contributed by atoms with Crippen molar-refractivity contribution in [3.63, 3.8) is 0 Å². The van der Waals surface area contributed by atoms with Crippen LogP contribution in [0.4, 0.5) is 13.2 Å². The summed E-state index contributed by atoms with van der Waals surface area (Å²) < 4.78 is 44.2. The number of hydrogen-bond donors (Lipinski definition) is 1. The Morgan fingerprint density at radius 3 is 2.28 bits per heavy atom. The van der Waals surface area contributed by atoms with Gasteiger partial charge in [-0.05, 0) is 37.1 Å². The molecule has 0 bridgehead atoms. The molecule has 4 rings (SSSR count). The summed E-state index contributed by atoms with van der Waals surface area (Å²) in [4.78, 5) is 29.5. The van der Waals surface area contributed by atoms with Crippen LogP contribution in [0.25, 0.3) is 10.6 Å². The second-order valence-electron chi connectivity index (χ2n) is 8.53. The first-order valence-electron chi connectivity index (χ1n) is 11.5. The highest BCUT2D eigenvalue weighted by Gasteiger charge is 2.30. The van der Waals surface area contributed by atoms with Gasteiger partial charge in [-0.3, -0.25) is 4.79 Å². The minimum Gasteiger partial charge on any atom is -0.478 e. The van der Waals surface area contributed by atoms with Crippen molar-refractivity contribution in [3.8, 4) is 16.3 Å². The third-order valence-corrected chi connectivity index (χ3v) is 7.98. The van der Waals surface area contributed by atoms with Crippen LogP contribution in [0.5, 0.6) is 5.75 Å². The number of alkyl halides is 3. The minimum atomic E-state index is -4.44. The normalized spacial score (nSPS) is 12.3. The van der Waals surface area contributed by atoms with Gasteiger partial charge >= 0.3 is 12.1 Å². The number of aryl methyl sites for hydroxylation is 2. The zero-order valence-corrected chi connectivity index (χ0v) is 22.6. The van der Waals surface area contributed by atoms with Crippen LogP contribution in [-0.2, 0) is 17.4 Å². The number of carbonyl (C=O) groups excluding carboxylic acids is 1. The van der Waals surface area contributed by atoms with Crippen molar-refractivity contribution < 1.29 is 32.6 Å². The molecule has 1 unspecified atom stereocenters. The van der Waals surface area contributed by atoms with Gasteiger partial charge in [-0.2, -0.15) is 13.2 Å². The molecule has 202 valence electrons. The van der Waals surface area contributed by atoms with Gasteiger partial charge in [-0.1, -0.05) is 71.7 Å². The predicted octanol–water partition coefficient (Wildman–Crippen LogP) is 8.46. The number of ether oxygens (including phenoxy) is 1. The number of thiazole rings is 1. The summed E-state index contributed by atoms with van der Waals surface area (Å²) in [5.74, 6) is -1.31. The first-order chi connectivity index (χ1) is 18.5. The first kappa shape index (κ1) is 28.6. The summed E-state index contributed by atoms with van der Waals surface area (Å²) in [5, 5.41) is 10.2. The summed E-state index contributed by atoms with van der Waals surface area (Å²) in [6.07, 6.45) is -5.41. The molecule has 1 atom stereocenters. The Labute approximate surface area is 235 Å². The molecule has 11 heteroatoms. The number of halogens is 5. The van der Waals surface area contributed by atoms with Gasteiger partial charge in [-0.25, -0.2) is 9.78 Å². The number of carboxylic acids is 1. The molecule has 0 aliphatic rings. The maximum atomic E-state index is 13.0. The van der Waals surface area contributed by atoms with Crippen LogP contribution in [0.2, 0.25) is 10.0 Å². The van der Waals surface area contributed by atoms with Crippen molar-refractivity contribution in [2.45, 2.75) is 32.0 Å². The molecule has 0 saturated carbocycles. The molecule has 1 heterocycles. The Kier molecular flexibility index (Phi) is 8.64. The number of benzene rings is 3. The van der Waals surface area contributed by atoms with E-state index in [1.54, 1.807) is 43.3 Å². The van der Waals surface area contributed by atoms with Crippen LogP contribution in [0, 0.1) is 6.92 Å².